The van der Waals surface area contributed by atoms with Crippen molar-refractivity contribution >= 4 is 13.8 Å². The summed E-state index contributed by atoms with van der Waals surface area (Å²) in [5.41, 5.74) is 0. The summed E-state index contributed by atoms with van der Waals surface area (Å²) in [6.07, 6.45) is -0.798. The number of rotatable bonds is 18. The lowest BCUT2D eigenvalue weighted by molar-refractivity contribution is -0.158. The van der Waals surface area contributed by atoms with Crippen LogP contribution in [0, 0.1) is 0 Å². The SMILES string of the molecule is CCCCCCCCCC(O)CC(=O)OCC(O)C(O)C(O)C(O)COP(=O)(O)O. The van der Waals surface area contributed by atoms with Gasteiger partial charge >= 0.3 is 13.8 Å². The van der Waals surface area contributed by atoms with Crippen LogP contribution in [0.3, 0.4) is 0 Å². The molecular formula is C18H37O11P. The van der Waals surface area contributed by atoms with Crippen molar-refractivity contribution in [1.29, 1.82) is 0 Å². The van der Waals surface area contributed by atoms with Gasteiger partial charge in [0.25, 0.3) is 0 Å². The third kappa shape index (κ3) is 15.2. The number of carbonyl (C=O) groups excluding carboxylic acids is 1. The van der Waals surface area contributed by atoms with Crippen LogP contribution in [-0.4, -0.2) is 85.0 Å². The maximum absolute atomic E-state index is 11.7. The number of unbranched alkanes of at least 4 members (excludes halogenated alkanes) is 6. The van der Waals surface area contributed by atoms with Crippen molar-refractivity contribution < 1.29 is 53.9 Å². The number of aliphatic hydroxyl groups excluding tert-OH is 5. The van der Waals surface area contributed by atoms with E-state index in [1.54, 1.807) is 0 Å². The number of carbonyl (C=O) groups is 1. The van der Waals surface area contributed by atoms with Gasteiger partial charge in [0.15, 0.2) is 0 Å². The number of esters is 1. The molecule has 11 nitrogen and oxygen atoms in total. The van der Waals surface area contributed by atoms with Crippen molar-refractivity contribution in [3.63, 3.8) is 0 Å². The van der Waals surface area contributed by atoms with E-state index in [-0.39, 0.29) is 6.42 Å². The summed E-state index contributed by atoms with van der Waals surface area (Å²) >= 11 is 0. The van der Waals surface area contributed by atoms with Gasteiger partial charge in [-0.15, -0.1) is 0 Å². The summed E-state index contributed by atoms with van der Waals surface area (Å²) in [7, 11) is -4.88. The highest BCUT2D eigenvalue weighted by Gasteiger charge is 2.32. The van der Waals surface area contributed by atoms with Crippen LogP contribution >= 0.6 is 7.82 Å². The van der Waals surface area contributed by atoms with Gasteiger partial charge in [-0.05, 0) is 6.42 Å². The van der Waals surface area contributed by atoms with Crippen molar-refractivity contribution in [2.24, 2.45) is 0 Å². The van der Waals surface area contributed by atoms with Gasteiger partial charge in [0, 0.05) is 0 Å². The Labute approximate surface area is 176 Å². The fourth-order valence-corrected chi connectivity index (χ4v) is 3.04. The monoisotopic (exact) mass is 460 g/mol. The van der Waals surface area contributed by atoms with Crippen LogP contribution in [0.1, 0.15) is 64.7 Å². The Kier molecular flexibility index (Phi) is 15.7. The van der Waals surface area contributed by atoms with Gasteiger partial charge < -0.3 is 40.1 Å². The Bertz CT molecular complexity index is 499. The molecule has 12 heteroatoms. The maximum atomic E-state index is 11.7. The lowest BCUT2D eigenvalue weighted by Crippen LogP contribution is -2.47. The number of aliphatic hydroxyl groups is 5. The van der Waals surface area contributed by atoms with Crippen molar-refractivity contribution in [3.8, 4) is 0 Å². The highest BCUT2D eigenvalue weighted by Crippen LogP contribution is 2.35. The standard InChI is InChI=1S/C18H37O11P/c1-2-3-4-5-6-7-8-9-13(19)10-16(22)28-11-14(20)17(23)18(24)15(21)12-29-30(25,26)27/h13-15,17-21,23-24H,2-12H2,1H3,(H2,25,26,27). The minimum atomic E-state index is -4.88. The van der Waals surface area contributed by atoms with Gasteiger partial charge in [0.1, 0.15) is 31.0 Å². The Morgan fingerprint density at radius 3 is 1.87 bits per heavy atom. The van der Waals surface area contributed by atoms with E-state index < -0.39 is 57.5 Å². The van der Waals surface area contributed by atoms with Gasteiger partial charge in [-0.3, -0.25) is 9.32 Å². The van der Waals surface area contributed by atoms with Crippen LogP contribution in [0.25, 0.3) is 0 Å². The van der Waals surface area contributed by atoms with E-state index in [2.05, 4.69) is 11.4 Å². The highest BCUT2D eigenvalue weighted by atomic mass is 31.2. The average Bonchev–Trinajstić information content (AvgIpc) is 2.67. The normalized spacial score (nSPS) is 17.2. The fourth-order valence-electron chi connectivity index (χ4n) is 2.69. The molecule has 0 spiro atoms. The van der Waals surface area contributed by atoms with E-state index in [9.17, 15) is 34.9 Å². The summed E-state index contributed by atoms with van der Waals surface area (Å²) in [6.45, 7) is 0.457. The zero-order valence-electron chi connectivity index (χ0n) is 17.4. The van der Waals surface area contributed by atoms with Crippen molar-refractivity contribution in [2.75, 3.05) is 13.2 Å². The summed E-state index contributed by atoms with van der Waals surface area (Å²) in [4.78, 5) is 28.8. The molecule has 0 bridgehead atoms. The third-order valence-electron chi connectivity index (χ3n) is 4.51. The van der Waals surface area contributed by atoms with E-state index in [0.29, 0.717) is 6.42 Å². The molecule has 0 aliphatic carbocycles. The number of phosphoric ester groups is 1. The molecule has 0 saturated carbocycles. The molecule has 0 heterocycles. The largest absolute Gasteiger partial charge is 0.469 e. The summed E-state index contributed by atoms with van der Waals surface area (Å²) in [5, 5.41) is 48.6. The molecule has 5 unspecified atom stereocenters. The minimum Gasteiger partial charge on any atom is -0.463 e. The first-order valence-corrected chi connectivity index (χ1v) is 11.8. The average molecular weight is 460 g/mol. The van der Waals surface area contributed by atoms with Gasteiger partial charge in [-0.2, -0.15) is 0 Å². The highest BCUT2D eigenvalue weighted by molar-refractivity contribution is 7.46. The molecule has 0 saturated heterocycles. The molecule has 0 fully saturated rings. The molecule has 7 N–H and O–H groups in total. The Morgan fingerprint density at radius 2 is 1.33 bits per heavy atom. The van der Waals surface area contributed by atoms with E-state index >= 15 is 0 Å². The van der Waals surface area contributed by atoms with Crippen LogP contribution in [0.5, 0.6) is 0 Å². The number of hydrogen-bond donors (Lipinski definition) is 7. The van der Waals surface area contributed by atoms with E-state index in [0.717, 1.165) is 25.7 Å². The summed E-state index contributed by atoms with van der Waals surface area (Å²) in [6, 6.07) is 0. The van der Waals surface area contributed by atoms with Crippen LogP contribution in [0.2, 0.25) is 0 Å². The lowest BCUT2D eigenvalue weighted by Gasteiger charge is -2.26. The predicted molar refractivity (Wildman–Crippen MR) is 106 cm³/mol. The number of hydrogen-bond acceptors (Lipinski definition) is 9. The fraction of sp³-hybridized carbons (Fsp3) is 0.944. The molecule has 5 atom stereocenters. The molecule has 0 aliphatic rings. The summed E-state index contributed by atoms with van der Waals surface area (Å²) in [5.74, 6) is -0.795. The van der Waals surface area contributed by atoms with Gasteiger partial charge in [0.05, 0.1) is 19.1 Å². The lowest BCUT2D eigenvalue weighted by atomic mass is 10.0. The van der Waals surface area contributed by atoms with Crippen LogP contribution in [0.15, 0.2) is 0 Å². The summed E-state index contributed by atoms with van der Waals surface area (Å²) < 4.78 is 19.3. The topological polar surface area (TPSA) is 194 Å². The minimum absolute atomic E-state index is 0.278. The first-order valence-electron chi connectivity index (χ1n) is 10.2. The van der Waals surface area contributed by atoms with Crippen LogP contribution in [0.4, 0.5) is 0 Å². The number of phosphoric acid groups is 1. The van der Waals surface area contributed by atoms with E-state index in [1.165, 1.54) is 19.3 Å². The van der Waals surface area contributed by atoms with Gasteiger partial charge in [-0.25, -0.2) is 4.57 Å². The second kappa shape index (κ2) is 16.1. The molecule has 0 aromatic rings. The smallest absolute Gasteiger partial charge is 0.463 e. The molecule has 0 aromatic heterocycles. The van der Waals surface area contributed by atoms with Crippen molar-refractivity contribution in [1.82, 2.24) is 0 Å². The number of ether oxygens (including phenoxy) is 1. The zero-order chi connectivity index (χ0) is 23.2. The van der Waals surface area contributed by atoms with E-state index in [4.69, 9.17) is 14.5 Å². The molecule has 180 valence electrons. The molecule has 0 aromatic carbocycles. The molecule has 0 radical (unpaired) electrons. The van der Waals surface area contributed by atoms with Gasteiger partial charge in [-0.1, -0.05) is 51.9 Å². The van der Waals surface area contributed by atoms with Crippen molar-refractivity contribution in [3.05, 3.63) is 0 Å². The van der Waals surface area contributed by atoms with E-state index in [1.807, 2.05) is 0 Å². The maximum Gasteiger partial charge on any atom is 0.469 e. The van der Waals surface area contributed by atoms with Crippen LogP contribution in [-0.2, 0) is 18.6 Å². The Hall–Kier alpha value is -0.620. The second-order valence-electron chi connectivity index (χ2n) is 7.35. The predicted octanol–water partition coefficient (Wildman–Crippen LogP) is -0.0258. The second-order valence-corrected chi connectivity index (χ2v) is 8.59. The molecule has 0 amide bonds. The first-order chi connectivity index (χ1) is 14.0. The molecule has 0 aliphatic heterocycles. The molecule has 30 heavy (non-hydrogen) atoms. The molecule has 0 rings (SSSR count). The van der Waals surface area contributed by atoms with Gasteiger partial charge in [0.2, 0.25) is 0 Å². The van der Waals surface area contributed by atoms with Crippen LogP contribution < -0.4 is 0 Å². The Morgan fingerprint density at radius 1 is 0.833 bits per heavy atom. The third-order valence-corrected chi connectivity index (χ3v) is 5.00. The molecular weight excluding hydrogens is 423 g/mol. The first kappa shape index (κ1) is 29.4. The zero-order valence-corrected chi connectivity index (χ0v) is 18.3. The van der Waals surface area contributed by atoms with Crippen molar-refractivity contribution in [2.45, 2.75) is 95.2 Å². The quantitative estimate of drug-likeness (QED) is 0.0825. The Balaban J connectivity index is 4.05.